The average molecular weight is 488 g/mol. The maximum atomic E-state index is 13.1. The van der Waals surface area contributed by atoms with Gasteiger partial charge >= 0.3 is 0 Å². The lowest BCUT2D eigenvalue weighted by Gasteiger charge is -2.11. The zero-order valence-electron chi connectivity index (χ0n) is 19.1. The molecule has 35 heavy (non-hydrogen) atoms. The van der Waals surface area contributed by atoms with Crippen molar-refractivity contribution in [2.24, 2.45) is 0 Å². The number of benzene rings is 2. The molecule has 1 aliphatic rings. The van der Waals surface area contributed by atoms with E-state index in [1.54, 1.807) is 30.3 Å². The van der Waals surface area contributed by atoms with Gasteiger partial charge in [-0.05, 0) is 72.7 Å². The molecule has 0 aliphatic heterocycles. The fourth-order valence-electron chi connectivity index (χ4n) is 3.89. The molecule has 0 fully saturated rings. The molecule has 176 valence electrons. The Bertz CT molecular complexity index is 1360. The van der Waals surface area contributed by atoms with Gasteiger partial charge in [0.25, 0.3) is 5.91 Å². The fourth-order valence-corrected chi connectivity index (χ4v) is 5.13. The van der Waals surface area contributed by atoms with Crippen molar-refractivity contribution in [1.82, 2.24) is 0 Å². The van der Waals surface area contributed by atoms with Gasteiger partial charge in [-0.2, -0.15) is 10.5 Å². The first-order valence-corrected chi connectivity index (χ1v) is 11.9. The van der Waals surface area contributed by atoms with Crippen molar-refractivity contribution in [3.05, 3.63) is 81.0 Å². The number of rotatable bonds is 7. The van der Waals surface area contributed by atoms with E-state index in [-0.39, 0.29) is 18.0 Å². The zero-order chi connectivity index (χ0) is 24.8. The van der Waals surface area contributed by atoms with Gasteiger partial charge in [0.1, 0.15) is 35.1 Å². The summed E-state index contributed by atoms with van der Waals surface area (Å²) in [7, 11) is 1.49. The Labute approximate surface area is 206 Å². The molecule has 2 aromatic carbocycles. The Morgan fingerprint density at radius 3 is 2.63 bits per heavy atom. The van der Waals surface area contributed by atoms with Gasteiger partial charge in [-0.15, -0.1) is 11.3 Å². The van der Waals surface area contributed by atoms with E-state index in [4.69, 9.17) is 9.47 Å². The van der Waals surface area contributed by atoms with Crippen molar-refractivity contribution < 1.29 is 18.7 Å². The Hall–Kier alpha value is -4.14. The van der Waals surface area contributed by atoms with Crippen LogP contribution in [0.15, 0.2) is 48.0 Å². The SMILES string of the molecule is COc1cc(/C=C(\C#N)C(=O)Nc2sc3c(c2C#N)CCCC3)ccc1OCc1ccc(F)cc1. The molecule has 4 rings (SSSR count). The number of halogens is 1. The van der Waals surface area contributed by atoms with Crippen molar-refractivity contribution in [1.29, 1.82) is 10.5 Å². The topological polar surface area (TPSA) is 95.1 Å². The van der Waals surface area contributed by atoms with Crippen LogP contribution in [-0.4, -0.2) is 13.0 Å². The molecule has 1 heterocycles. The number of carbonyl (C=O) groups is 1. The normalized spacial score (nSPS) is 12.7. The van der Waals surface area contributed by atoms with E-state index in [9.17, 15) is 19.7 Å². The number of fused-ring (bicyclic) bond motifs is 1. The van der Waals surface area contributed by atoms with E-state index in [0.717, 1.165) is 41.7 Å². The predicted molar refractivity (Wildman–Crippen MR) is 132 cm³/mol. The van der Waals surface area contributed by atoms with Gasteiger partial charge in [-0.1, -0.05) is 18.2 Å². The van der Waals surface area contributed by atoms with Crippen LogP contribution in [0, 0.1) is 28.5 Å². The number of aryl methyl sites for hydroxylation is 1. The summed E-state index contributed by atoms with van der Waals surface area (Å²) in [6.45, 7) is 0.226. The maximum absolute atomic E-state index is 13.1. The summed E-state index contributed by atoms with van der Waals surface area (Å²) < 4.78 is 24.3. The Morgan fingerprint density at radius 2 is 1.91 bits per heavy atom. The number of methoxy groups -OCH3 is 1. The van der Waals surface area contributed by atoms with Gasteiger partial charge in [0, 0.05) is 4.88 Å². The third-order valence-electron chi connectivity index (χ3n) is 5.68. The van der Waals surface area contributed by atoms with Crippen LogP contribution in [0.5, 0.6) is 11.5 Å². The first-order chi connectivity index (χ1) is 17.0. The number of carbonyl (C=O) groups excluding carboxylic acids is 1. The van der Waals surface area contributed by atoms with Gasteiger partial charge in [-0.25, -0.2) is 4.39 Å². The number of hydrogen-bond acceptors (Lipinski definition) is 6. The van der Waals surface area contributed by atoms with Gasteiger partial charge in [-0.3, -0.25) is 4.79 Å². The molecule has 8 heteroatoms. The second kappa shape index (κ2) is 10.9. The highest BCUT2D eigenvalue weighted by Crippen LogP contribution is 2.38. The Balaban J connectivity index is 1.51. The highest BCUT2D eigenvalue weighted by molar-refractivity contribution is 7.16. The van der Waals surface area contributed by atoms with E-state index in [1.165, 1.54) is 36.7 Å². The molecular formula is C27H22FN3O3S. The molecule has 1 aliphatic carbocycles. The third-order valence-corrected chi connectivity index (χ3v) is 6.89. The second-order valence-corrected chi connectivity index (χ2v) is 9.08. The molecule has 0 spiro atoms. The van der Waals surface area contributed by atoms with Gasteiger partial charge in [0.15, 0.2) is 11.5 Å². The summed E-state index contributed by atoms with van der Waals surface area (Å²) in [5, 5.41) is 22.5. The molecule has 0 bridgehead atoms. The standard InChI is InChI=1S/C27H22FN3O3S/c1-33-24-13-18(8-11-23(24)34-16-17-6-9-20(28)10-7-17)12-19(14-29)26(32)31-27-22(15-30)21-4-2-3-5-25(21)35-27/h6-13H,2-5,16H2,1H3,(H,31,32)/b19-12+. The zero-order valence-corrected chi connectivity index (χ0v) is 19.9. The smallest absolute Gasteiger partial charge is 0.266 e. The number of hydrogen-bond donors (Lipinski definition) is 1. The molecule has 6 nitrogen and oxygen atoms in total. The van der Waals surface area contributed by atoms with Gasteiger partial charge in [0.05, 0.1) is 12.7 Å². The maximum Gasteiger partial charge on any atom is 0.266 e. The quantitative estimate of drug-likeness (QED) is 0.337. The highest BCUT2D eigenvalue weighted by atomic mass is 32.1. The van der Waals surface area contributed by atoms with Crippen LogP contribution in [0.3, 0.4) is 0 Å². The number of nitriles is 2. The lowest BCUT2D eigenvalue weighted by molar-refractivity contribution is -0.112. The number of anilines is 1. The van der Waals surface area contributed by atoms with Crippen LogP contribution < -0.4 is 14.8 Å². The summed E-state index contributed by atoms with van der Waals surface area (Å²) >= 11 is 1.41. The van der Waals surface area contributed by atoms with Crippen molar-refractivity contribution in [3.63, 3.8) is 0 Å². The van der Waals surface area contributed by atoms with Crippen LogP contribution in [0.2, 0.25) is 0 Å². The lowest BCUT2D eigenvalue weighted by atomic mass is 9.96. The fraction of sp³-hybridized carbons (Fsp3) is 0.222. The van der Waals surface area contributed by atoms with Crippen LogP contribution in [0.4, 0.5) is 9.39 Å². The van der Waals surface area contributed by atoms with Gasteiger partial charge in [0.2, 0.25) is 0 Å². The molecule has 1 amide bonds. The van der Waals surface area contributed by atoms with Crippen molar-refractivity contribution in [2.75, 3.05) is 12.4 Å². The first kappa shape index (κ1) is 24.0. The minimum atomic E-state index is -0.571. The molecule has 1 N–H and O–H groups in total. The second-order valence-electron chi connectivity index (χ2n) is 7.98. The summed E-state index contributed by atoms with van der Waals surface area (Å²) in [5.74, 6) is 0.0107. The molecule has 1 aromatic heterocycles. The average Bonchev–Trinajstić information content (AvgIpc) is 3.23. The highest BCUT2D eigenvalue weighted by Gasteiger charge is 2.22. The molecule has 0 unspecified atom stereocenters. The lowest BCUT2D eigenvalue weighted by Crippen LogP contribution is -2.13. The number of nitrogens with one attached hydrogen (secondary N) is 1. The Morgan fingerprint density at radius 1 is 1.14 bits per heavy atom. The summed E-state index contributed by atoms with van der Waals surface area (Å²) in [6.07, 6.45) is 5.30. The van der Waals surface area contributed by atoms with E-state index in [0.29, 0.717) is 27.6 Å². The molecule has 0 saturated carbocycles. The van der Waals surface area contributed by atoms with Crippen molar-refractivity contribution >= 4 is 28.3 Å². The summed E-state index contributed by atoms with van der Waals surface area (Å²) in [5.41, 5.74) is 2.80. The van der Waals surface area contributed by atoms with Crippen LogP contribution in [-0.2, 0) is 24.2 Å². The Kier molecular flexibility index (Phi) is 7.45. The summed E-state index contributed by atoms with van der Waals surface area (Å²) in [6, 6.07) is 15.2. The van der Waals surface area contributed by atoms with Crippen LogP contribution in [0.25, 0.3) is 6.08 Å². The number of nitrogens with zero attached hydrogens (tertiary/aromatic N) is 2. The molecule has 0 saturated heterocycles. The number of amides is 1. The van der Waals surface area contributed by atoms with Gasteiger partial charge < -0.3 is 14.8 Å². The summed E-state index contributed by atoms with van der Waals surface area (Å²) in [4.78, 5) is 14.0. The van der Waals surface area contributed by atoms with Crippen LogP contribution >= 0.6 is 11.3 Å². The predicted octanol–water partition coefficient (Wildman–Crippen LogP) is 5.77. The molecular weight excluding hydrogens is 465 g/mol. The van der Waals surface area contributed by atoms with E-state index >= 15 is 0 Å². The molecule has 3 aromatic rings. The minimum absolute atomic E-state index is 0.0951. The van der Waals surface area contributed by atoms with E-state index < -0.39 is 5.91 Å². The van der Waals surface area contributed by atoms with Crippen molar-refractivity contribution in [2.45, 2.75) is 32.3 Å². The molecule has 0 radical (unpaired) electrons. The minimum Gasteiger partial charge on any atom is -0.493 e. The monoisotopic (exact) mass is 487 g/mol. The number of thiophene rings is 1. The third kappa shape index (κ3) is 5.51. The van der Waals surface area contributed by atoms with E-state index in [2.05, 4.69) is 11.4 Å². The van der Waals surface area contributed by atoms with Crippen molar-refractivity contribution in [3.8, 4) is 23.6 Å². The first-order valence-electron chi connectivity index (χ1n) is 11.1. The van der Waals surface area contributed by atoms with E-state index in [1.807, 2.05) is 6.07 Å². The van der Waals surface area contributed by atoms with Crippen LogP contribution in [0.1, 0.15) is 40.0 Å². The number of ether oxygens (including phenoxy) is 2. The molecule has 0 atom stereocenters. The largest absolute Gasteiger partial charge is 0.493 e.